The van der Waals surface area contributed by atoms with Gasteiger partial charge in [0.2, 0.25) is 0 Å². The van der Waals surface area contributed by atoms with Crippen LogP contribution in [0.4, 0.5) is 0 Å². The molecule has 1 atom stereocenters. The van der Waals surface area contributed by atoms with Crippen LogP contribution in [0.1, 0.15) is 49.0 Å². The first kappa shape index (κ1) is 13.9. The second kappa shape index (κ2) is 5.38. The van der Waals surface area contributed by atoms with Crippen molar-refractivity contribution in [1.29, 1.82) is 0 Å². The largest absolute Gasteiger partial charge is 0.486 e. The Morgan fingerprint density at radius 2 is 2.05 bits per heavy atom. The van der Waals surface area contributed by atoms with E-state index in [9.17, 15) is 0 Å². The highest BCUT2D eigenvalue weighted by Gasteiger charge is 2.42. The molecular formula is C17H25NO2. The minimum atomic E-state index is -0.0297. The molecule has 0 saturated carbocycles. The van der Waals surface area contributed by atoms with Crippen molar-refractivity contribution >= 4 is 0 Å². The number of ether oxygens (including phenoxy) is 2. The third-order valence-corrected chi connectivity index (χ3v) is 4.55. The molecule has 3 nitrogen and oxygen atoms in total. The van der Waals surface area contributed by atoms with E-state index < -0.39 is 0 Å². The number of aryl methyl sites for hydroxylation is 2. The van der Waals surface area contributed by atoms with Crippen LogP contribution in [0.3, 0.4) is 0 Å². The highest BCUT2D eigenvalue weighted by Crippen LogP contribution is 2.46. The van der Waals surface area contributed by atoms with Crippen LogP contribution in [0, 0.1) is 13.8 Å². The van der Waals surface area contributed by atoms with Gasteiger partial charge in [-0.15, -0.1) is 0 Å². The standard InChI is InChI=1S/C17H25NO2/c1-4-19-15-11-17(5-7-18-8-6-17)20-16-13(3)9-12(2)10-14(15)16/h9-10,15,18H,4-8,11H2,1-3H3. The van der Waals surface area contributed by atoms with Gasteiger partial charge < -0.3 is 14.8 Å². The zero-order chi connectivity index (χ0) is 14.2. The molecule has 1 saturated heterocycles. The topological polar surface area (TPSA) is 30.5 Å². The molecule has 3 heteroatoms. The van der Waals surface area contributed by atoms with Crippen molar-refractivity contribution in [3.63, 3.8) is 0 Å². The predicted molar refractivity (Wildman–Crippen MR) is 80.4 cm³/mol. The molecule has 0 radical (unpaired) electrons. The van der Waals surface area contributed by atoms with Crippen LogP contribution in [0.2, 0.25) is 0 Å². The van der Waals surface area contributed by atoms with Gasteiger partial charge in [-0.25, -0.2) is 0 Å². The van der Waals surface area contributed by atoms with E-state index >= 15 is 0 Å². The third kappa shape index (κ3) is 2.45. The first-order chi connectivity index (χ1) is 9.63. The first-order valence-electron chi connectivity index (χ1n) is 7.76. The average Bonchev–Trinajstić information content (AvgIpc) is 2.42. The molecule has 1 unspecified atom stereocenters. The Balaban J connectivity index is 2.00. The maximum Gasteiger partial charge on any atom is 0.128 e. The summed E-state index contributed by atoms with van der Waals surface area (Å²) in [5.74, 6) is 1.07. The molecule has 3 rings (SSSR count). The average molecular weight is 275 g/mol. The lowest BCUT2D eigenvalue weighted by atomic mass is 9.81. The molecule has 2 heterocycles. The molecule has 2 aliphatic heterocycles. The molecular weight excluding hydrogens is 250 g/mol. The summed E-state index contributed by atoms with van der Waals surface area (Å²) >= 11 is 0. The van der Waals surface area contributed by atoms with Crippen LogP contribution in [-0.2, 0) is 4.74 Å². The molecule has 110 valence electrons. The Labute approximate surface area is 121 Å². The van der Waals surface area contributed by atoms with E-state index in [1.165, 1.54) is 16.7 Å². The van der Waals surface area contributed by atoms with Gasteiger partial charge in [-0.1, -0.05) is 11.6 Å². The fraction of sp³-hybridized carbons (Fsp3) is 0.647. The number of rotatable bonds is 2. The molecule has 1 spiro atoms. The lowest BCUT2D eigenvalue weighted by Crippen LogP contribution is -2.49. The van der Waals surface area contributed by atoms with E-state index in [0.717, 1.165) is 44.7 Å². The van der Waals surface area contributed by atoms with E-state index in [2.05, 4.69) is 38.2 Å². The smallest absolute Gasteiger partial charge is 0.128 e. The maximum absolute atomic E-state index is 6.50. The van der Waals surface area contributed by atoms with E-state index in [4.69, 9.17) is 9.47 Å². The number of fused-ring (bicyclic) bond motifs is 1. The van der Waals surface area contributed by atoms with Gasteiger partial charge in [-0.3, -0.25) is 0 Å². The minimum absolute atomic E-state index is 0.0297. The molecule has 2 aliphatic rings. The fourth-order valence-electron chi connectivity index (χ4n) is 3.61. The Hall–Kier alpha value is -1.06. The predicted octanol–water partition coefficient (Wildman–Crippen LogP) is 3.29. The second-order valence-electron chi connectivity index (χ2n) is 6.18. The van der Waals surface area contributed by atoms with Gasteiger partial charge in [0.1, 0.15) is 11.4 Å². The van der Waals surface area contributed by atoms with Gasteiger partial charge in [0.05, 0.1) is 6.10 Å². The van der Waals surface area contributed by atoms with E-state index in [0.29, 0.717) is 0 Å². The van der Waals surface area contributed by atoms with Crippen molar-refractivity contribution in [3.05, 3.63) is 28.8 Å². The van der Waals surface area contributed by atoms with Crippen molar-refractivity contribution in [2.24, 2.45) is 0 Å². The van der Waals surface area contributed by atoms with Gasteiger partial charge in [0.25, 0.3) is 0 Å². The van der Waals surface area contributed by atoms with Crippen LogP contribution in [0.5, 0.6) is 5.75 Å². The third-order valence-electron chi connectivity index (χ3n) is 4.55. The van der Waals surface area contributed by atoms with Gasteiger partial charge >= 0.3 is 0 Å². The van der Waals surface area contributed by atoms with Gasteiger partial charge in [0.15, 0.2) is 0 Å². The quantitative estimate of drug-likeness (QED) is 0.898. The van der Waals surface area contributed by atoms with Crippen molar-refractivity contribution in [3.8, 4) is 5.75 Å². The molecule has 0 aliphatic carbocycles. The Morgan fingerprint density at radius 1 is 1.30 bits per heavy atom. The molecule has 20 heavy (non-hydrogen) atoms. The lowest BCUT2D eigenvalue weighted by molar-refractivity contribution is -0.0594. The van der Waals surface area contributed by atoms with Crippen LogP contribution in [-0.4, -0.2) is 25.3 Å². The van der Waals surface area contributed by atoms with Crippen LogP contribution >= 0.6 is 0 Å². The molecule has 1 aromatic rings. The van der Waals surface area contributed by atoms with Crippen molar-refractivity contribution in [2.75, 3.05) is 19.7 Å². The SMILES string of the molecule is CCOC1CC2(CCNCC2)Oc2c(C)cc(C)cc21. The highest BCUT2D eigenvalue weighted by atomic mass is 16.5. The lowest BCUT2D eigenvalue weighted by Gasteiger charge is -2.45. The summed E-state index contributed by atoms with van der Waals surface area (Å²) in [6.45, 7) is 9.20. The van der Waals surface area contributed by atoms with E-state index in [1.807, 2.05) is 0 Å². The van der Waals surface area contributed by atoms with Gasteiger partial charge in [0, 0.05) is 18.6 Å². The molecule has 0 bridgehead atoms. The number of nitrogens with one attached hydrogen (secondary N) is 1. The van der Waals surface area contributed by atoms with Crippen molar-refractivity contribution < 1.29 is 9.47 Å². The molecule has 1 fully saturated rings. The summed E-state index contributed by atoms with van der Waals surface area (Å²) in [5, 5.41) is 3.43. The van der Waals surface area contributed by atoms with Crippen molar-refractivity contribution in [1.82, 2.24) is 5.32 Å². The monoisotopic (exact) mass is 275 g/mol. The molecule has 1 N–H and O–H groups in total. The molecule has 1 aromatic carbocycles. The zero-order valence-corrected chi connectivity index (χ0v) is 12.8. The maximum atomic E-state index is 6.50. The summed E-state index contributed by atoms with van der Waals surface area (Å²) in [6.07, 6.45) is 3.31. The van der Waals surface area contributed by atoms with Crippen LogP contribution in [0.15, 0.2) is 12.1 Å². The second-order valence-corrected chi connectivity index (χ2v) is 6.18. The summed E-state index contributed by atoms with van der Waals surface area (Å²) in [7, 11) is 0. The van der Waals surface area contributed by atoms with Crippen molar-refractivity contribution in [2.45, 2.75) is 51.7 Å². The summed E-state index contributed by atoms with van der Waals surface area (Å²) in [6, 6.07) is 4.44. The Bertz CT molecular complexity index is 492. The zero-order valence-electron chi connectivity index (χ0n) is 12.8. The Morgan fingerprint density at radius 3 is 2.75 bits per heavy atom. The summed E-state index contributed by atoms with van der Waals surface area (Å²) in [5.41, 5.74) is 3.74. The number of hydrogen-bond donors (Lipinski definition) is 1. The van der Waals surface area contributed by atoms with Gasteiger partial charge in [-0.05, 0) is 58.3 Å². The highest BCUT2D eigenvalue weighted by molar-refractivity contribution is 5.47. The van der Waals surface area contributed by atoms with E-state index in [-0.39, 0.29) is 11.7 Å². The van der Waals surface area contributed by atoms with Gasteiger partial charge in [-0.2, -0.15) is 0 Å². The Kier molecular flexibility index (Phi) is 3.74. The minimum Gasteiger partial charge on any atom is -0.486 e. The van der Waals surface area contributed by atoms with Crippen LogP contribution in [0.25, 0.3) is 0 Å². The summed E-state index contributed by atoms with van der Waals surface area (Å²) < 4.78 is 12.5. The van der Waals surface area contributed by atoms with Crippen LogP contribution < -0.4 is 10.1 Å². The molecule has 0 amide bonds. The number of piperidine rings is 1. The first-order valence-corrected chi connectivity index (χ1v) is 7.76. The van der Waals surface area contributed by atoms with E-state index in [1.54, 1.807) is 0 Å². The number of benzene rings is 1. The number of hydrogen-bond acceptors (Lipinski definition) is 3. The normalized spacial score (nSPS) is 24.2. The summed E-state index contributed by atoms with van der Waals surface area (Å²) in [4.78, 5) is 0. The molecule has 0 aromatic heterocycles. The fourth-order valence-corrected chi connectivity index (χ4v) is 3.61.